The molecule has 0 bridgehead atoms. The lowest BCUT2D eigenvalue weighted by Gasteiger charge is -2.08. The number of halogens is 3. The van der Waals surface area contributed by atoms with Gasteiger partial charge in [0.25, 0.3) is 5.91 Å². The predicted molar refractivity (Wildman–Crippen MR) is 102 cm³/mol. The van der Waals surface area contributed by atoms with Gasteiger partial charge in [0.2, 0.25) is 0 Å². The van der Waals surface area contributed by atoms with Gasteiger partial charge in [0.1, 0.15) is 5.56 Å². The van der Waals surface area contributed by atoms with Crippen LogP contribution in [0.4, 0.5) is 14.6 Å². The summed E-state index contributed by atoms with van der Waals surface area (Å²) in [6.07, 6.45) is -1.08. The highest BCUT2D eigenvalue weighted by atomic mass is 35.5. The van der Waals surface area contributed by atoms with E-state index >= 15 is 0 Å². The number of hydrogen-bond acceptors (Lipinski definition) is 7. The number of aromatic nitrogens is 3. The van der Waals surface area contributed by atoms with E-state index in [1.165, 1.54) is 24.5 Å². The molecule has 1 aliphatic heterocycles. The fourth-order valence-corrected chi connectivity index (χ4v) is 3.19. The Kier molecular flexibility index (Phi) is 4.81. The maximum absolute atomic E-state index is 13.2. The number of aryl methyl sites for hydroxylation is 1. The SMILES string of the molecule is Cc1noc(C(C)C)c1C(=O)Nc1cnc(-c2cc3c(cc2Cl)OC(F)(F)O3)cn1. The summed E-state index contributed by atoms with van der Waals surface area (Å²) < 4.78 is 40.5. The van der Waals surface area contributed by atoms with Gasteiger partial charge < -0.3 is 19.3 Å². The van der Waals surface area contributed by atoms with E-state index < -0.39 is 12.2 Å². The highest BCUT2D eigenvalue weighted by molar-refractivity contribution is 6.33. The summed E-state index contributed by atoms with van der Waals surface area (Å²) in [5.41, 5.74) is 1.42. The molecule has 1 aliphatic rings. The molecule has 0 saturated carbocycles. The van der Waals surface area contributed by atoms with Crippen LogP contribution in [0.25, 0.3) is 11.3 Å². The molecule has 1 amide bonds. The Bertz CT molecular complexity index is 1130. The van der Waals surface area contributed by atoms with Gasteiger partial charge in [0, 0.05) is 17.5 Å². The first-order valence-electron chi connectivity index (χ1n) is 8.84. The number of nitrogens with zero attached hydrogens (tertiary/aromatic N) is 3. The van der Waals surface area contributed by atoms with E-state index in [0.717, 1.165) is 0 Å². The quantitative estimate of drug-likeness (QED) is 0.627. The number of hydrogen-bond donors (Lipinski definition) is 1. The minimum atomic E-state index is -3.75. The average Bonchev–Trinajstić information content (AvgIpc) is 3.19. The first kappa shape index (κ1) is 20.0. The fourth-order valence-electron chi connectivity index (χ4n) is 2.94. The molecule has 11 heteroatoms. The molecule has 8 nitrogen and oxygen atoms in total. The molecule has 156 valence electrons. The van der Waals surface area contributed by atoms with Crippen LogP contribution in [0.15, 0.2) is 29.0 Å². The van der Waals surface area contributed by atoms with Gasteiger partial charge in [0.15, 0.2) is 23.1 Å². The molecule has 0 fully saturated rings. The van der Waals surface area contributed by atoms with Crippen LogP contribution in [-0.2, 0) is 0 Å². The van der Waals surface area contributed by atoms with Gasteiger partial charge in [-0.05, 0) is 13.0 Å². The monoisotopic (exact) mass is 436 g/mol. The van der Waals surface area contributed by atoms with E-state index in [-0.39, 0.29) is 28.3 Å². The molecule has 3 heterocycles. The summed E-state index contributed by atoms with van der Waals surface area (Å²) in [4.78, 5) is 21.0. The third-order valence-electron chi connectivity index (χ3n) is 4.30. The van der Waals surface area contributed by atoms with E-state index in [2.05, 4.69) is 29.9 Å². The molecular weight excluding hydrogens is 422 g/mol. The zero-order chi connectivity index (χ0) is 21.6. The van der Waals surface area contributed by atoms with Gasteiger partial charge in [-0.1, -0.05) is 30.6 Å². The first-order chi connectivity index (χ1) is 14.1. The molecule has 1 aromatic carbocycles. The number of anilines is 1. The van der Waals surface area contributed by atoms with Crippen molar-refractivity contribution in [3.63, 3.8) is 0 Å². The van der Waals surface area contributed by atoms with Gasteiger partial charge in [-0.2, -0.15) is 0 Å². The Morgan fingerprint density at radius 2 is 1.87 bits per heavy atom. The van der Waals surface area contributed by atoms with Crippen LogP contribution < -0.4 is 14.8 Å². The summed E-state index contributed by atoms with van der Waals surface area (Å²) in [6, 6.07) is 2.50. The van der Waals surface area contributed by atoms with E-state index in [4.69, 9.17) is 16.1 Å². The largest absolute Gasteiger partial charge is 0.586 e. The van der Waals surface area contributed by atoms with Crippen LogP contribution in [0, 0.1) is 6.92 Å². The van der Waals surface area contributed by atoms with E-state index in [9.17, 15) is 13.6 Å². The molecule has 4 rings (SSSR count). The van der Waals surface area contributed by atoms with E-state index in [1.54, 1.807) is 6.92 Å². The van der Waals surface area contributed by atoms with Crippen LogP contribution in [-0.4, -0.2) is 27.3 Å². The number of carbonyl (C=O) groups excluding carboxylic acids is 1. The normalized spacial score (nSPS) is 14.2. The molecule has 0 unspecified atom stereocenters. The van der Waals surface area contributed by atoms with Crippen LogP contribution in [0.1, 0.15) is 41.6 Å². The summed E-state index contributed by atoms with van der Waals surface area (Å²) in [5.74, 6) is -0.136. The van der Waals surface area contributed by atoms with Crippen molar-refractivity contribution < 1.29 is 27.6 Å². The van der Waals surface area contributed by atoms with Gasteiger partial charge >= 0.3 is 6.29 Å². The number of benzene rings is 1. The molecule has 0 spiro atoms. The predicted octanol–water partition coefficient (Wildman–Crippen LogP) is 4.79. The third-order valence-corrected chi connectivity index (χ3v) is 4.61. The van der Waals surface area contributed by atoms with Gasteiger partial charge in [-0.3, -0.25) is 9.78 Å². The average molecular weight is 437 g/mol. The fraction of sp³-hybridized carbons (Fsp3) is 0.263. The Hall–Kier alpha value is -3.27. The van der Waals surface area contributed by atoms with Crippen molar-refractivity contribution in [1.82, 2.24) is 15.1 Å². The van der Waals surface area contributed by atoms with E-state index in [1.807, 2.05) is 13.8 Å². The van der Waals surface area contributed by atoms with Crippen LogP contribution >= 0.6 is 11.6 Å². The van der Waals surface area contributed by atoms with Crippen molar-refractivity contribution in [3.05, 3.63) is 46.6 Å². The summed E-state index contributed by atoms with van der Waals surface area (Å²) in [7, 11) is 0. The number of alkyl halides is 2. The molecule has 30 heavy (non-hydrogen) atoms. The Morgan fingerprint density at radius 3 is 2.50 bits per heavy atom. The lowest BCUT2D eigenvalue weighted by Crippen LogP contribution is -2.25. The smallest absolute Gasteiger partial charge is 0.395 e. The summed E-state index contributed by atoms with van der Waals surface area (Å²) in [6.45, 7) is 5.44. The molecule has 0 atom stereocenters. The Balaban J connectivity index is 1.56. The second-order valence-electron chi connectivity index (χ2n) is 6.85. The molecule has 0 radical (unpaired) electrons. The highest BCUT2D eigenvalue weighted by Crippen LogP contribution is 2.45. The number of fused-ring (bicyclic) bond motifs is 1. The third kappa shape index (κ3) is 3.65. The van der Waals surface area contributed by atoms with Crippen LogP contribution in [0.3, 0.4) is 0 Å². The molecular formula is C19H15ClF2N4O4. The number of amides is 1. The van der Waals surface area contributed by atoms with Crippen LogP contribution in [0.2, 0.25) is 5.02 Å². The van der Waals surface area contributed by atoms with Crippen molar-refractivity contribution in [1.29, 1.82) is 0 Å². The molecule has 1 N–H and O–H groups in total. The van der Waals surface area contributed by atoms with Gasteiger partial charge in [-0.15, -0.1) is 8.78 Å². The van der Waals surface area contributed by atoms with Crippen molar-refractivity contribution in [3.8, 4) is 22.8 Å². The number of rotatable bonds is 4. The zero-order valence-electron chi connectivity index (χ0n) is 16.0. The van der Waals surface area contributed by atoms with Crippen molar-refractivity contribution in [2.24, 2.45) is 0 Å². The summed E-state index contributed by atoms with van der Waals surface area (Å²) >= 11 is 6.16. The Labute approximate surface area is 174 Å². The number of ether oxygens (including phenoxy) is 2. The summed E-state index contributed by atoms with van der Waals surface area (Å²) in [5, 5.41) is 6.61. The second-order valence-corrected chi connectivity index (χ2v) is 7.26. The lowest BCUT2D eigenvalue weighted by atomic mass is 10.0. The topological polar surface area (TPSA) is 99.4 Å². The minimum absolute atomic E-state index is 0.0269. The van der Waals surface area contributed by atoms with Gasteiger partial charge in [0.05, 0.1) is 28.8 Å². The molecule has 0 aliphatic carbocycles. The number of carbonyl (C=O) groups is 1. The minimum Gasteiger partial charge on any atom is -0.395 e. The first-order valence-corrected chi connectivity index (χ1v) is 9.21. The van der Waals surface area contributed by atoms with Gasteiger partial charge in [-0.25, -0.2) is 4.98 Å². The molecule has 2 aromatic heterocycles. The maximum Gasteiger partial charge on any atom is 0.586 e. The molecule has 0 saturated heterocycles. The van der Waals surface area contributed by atoms with Crippen molar-refractivity contribution >= 4 is 23.3 Å². The van der Waals surface area contributed by atoms with Crippen molar-refractivity contribution in [2.75, 3.05) is 5.32 Å². The molecule has 3 aromatic rings. The standard InChI is InChI=1S/C19H15ClF2N4O4/c1-8(2)17-16(9(3)26-30-17)18(27)25-15-7-23-12(6-24-15)10-4-13-14(5-11(10)20)29-19(21,22)28-13/h4-8H,1-3H3,(H,24,25,27). The van der Waals surface area contributed by atoms with Crippen LogP contribution in [0.5, 0.6) is 11.5 Å². The maximum atomic E-state index is 13.2. The lowest BCUT2D eigenvalue weighted by molar-refractivity contribution is -0.286. The Morgan fingerprint density at radius 1 is 1.17 bits per heavy atom. The highest BCUT2D eigenvalue weighted by Gasteiger charge is 2.44. The number of nitrogens with one attached hydrogen (secondary N) is 1. The second kappa shape index (κ2) is 7.21. The zero-order valence-corrected chi connectivity index (χ0v) is 16.8. The van der Waals surface area contributed by atoms with Crippen molar-refractivity contribution in [2.45, 2.75) is 33.0 Å². The van der Waals surface area contributed by atoms with E-state index in [0.29, 0.717) is 28.3 Å².